The van der Waals surface area contributed by atoms with Crippen LogP contribution in [0.3, 0.4) is 0 Å². The Kier molecular flexibility index (Phi) is 17.0. The van der Waals surface area contributed by atoms with E-state index in [2.05, 4.69) is 105 Å². The molecule has 0 aliphatic heterocycles. The van der Waals surface area contributed by atoms with Crippen molar-refractivity contribution in [3.8, 4) is 0 Å². The molecule has 0 unspecified atom stereocenters. The fraction of sp³-hybridized carbons (Fsp3) is 1.00. The summed E-state index contributed by atoms with van der Waals surface area (Å²) in [5, 5.41) is 0. The van der Waals surface area contributed by atoms with Crippen molar-refractivity contribution < 1.29 is 46.2 Å². The van der Waals surface area contributed by atoms with Crippen molar-refractivity contribution in [2.24, 2.45) is 0 Å². The average Bonchev–Trinajstić information content (AvgIpc) is 2.56. The number of hydrogen-bond acceptors (Lipinski definition) is 11. The van der Waals surface area contributed by atoms with Crippen LogP contribution in [0.2, 0.25) is 144 Å². The molecule has 0 N–H and O–H groups in total. The lowest BCUT2D eigenvalue weighted by atomic mass is 11.9. The summed E-state index contributed by atoms with van der Waals surface area (Å²) in [6, 6.07) is 0. The van der Waals surface area contributed by atoms with Gasteiger partial charge >= 0.3 is 77.0 Å². The second kappa shape index (κ2) is 16.3. The molecule has 0 heterocycles. The zero-order valence-corrected chi connectivity index (χ0v) is 43.5. The lowest BCUT2D eigenvalue weighted by Gasteiger charge is -2.44. The van der Waals surface area contributed by atoms with Gasteiger partial charge in [0, 0.05) is 0 Å². The predicted molar refractivity (Wildman–Crippen MR) is 207 cm³/mol. The van der Waals surface area contributed by atoms with E-state index in [0.717, 1.165) is 0 Å². The lowest BCUT2D eigenvalue weighted by Crippen LogP contribution is -2.62. The molecule has 0 aromatic heterocycles. The first-order valence-electron chi connectivity index (χ1n) is 15.6. The predicted octanol–water partition coefficient (Wildman–Crippen LogP) is 7.37. The molecular formula is C22H68O11Si11. The van der Waals surface area contributed by atoms with Crippen LogP contribution in [0.25, 0.3) is 0 Å². The Labute approximate surface area is 283 Å². The smallest absolute Gasteiger partial charge is 0.358 e. The van der Waals surface area contributed by atoms with E-state index < -0.39 is 95.1 Å². The minimum atomic E-state index is -2.67. The van der Waals surface area contributed by atoms with Gasteiger partial charge in [0.05, 0.1) is 0 Å². The van der Waals surface area contributed by atoms with Gasteiger partial charge in [0.15, 0.2) is 9.04 Å². The topological polar surface area (TPSA) is 102 Å². The Morgan fingerprint density at radius 1 is 0.273 bits per heavy atom. The van der Waals surface area contributed by atoms with Gasteiger partial charge < -0.3 is 37.0 Å². The van der Waals surface area contributed by atoms with E-state index in [1.54, 1.807) is 0 Å². The van der Waals surface area contributed by atoms with Crippen LogP contribution in [-0.4, -0.2) is 95.1 Å². The largest absolute Gasteiger partial charge is 0.440 e. The third-order valence-electron chi connectivity index (χ3n) is 4.89. The zero-order chi connectivity index (χ0) is 35.4. The molecule has 0 aromatic carbocycles. The van der Waals surface area contributed by atoms with Crippen LogP contribution in [0.5, 0.6) is 0 Å². The maximum atomic E-state index is 6.74. The van der Waals surface area contributed by atoms with Gasteiger partial charge in [-0.25, -0.2) is 0 Å². The normalized spacial score (nSPS) is 15.5. The Morgan fingerprint density at radius 3 is 0.682 bits per heavy atom. The molecule has 22 heteroatoms. The molecule has 0 saturated heterocycles. The average molecular weight is 818 g/mol. The highest BCUT2D eigenvalue weighted by Gasteiger charge is 2.50. The third-order valence-corrected chi connectivity index (χ3v) is 41.7. The van der Waals surface area contributed by atoms with Gasteiger partial charge in [-0.05, 0) is 144 Å². The molecule has 0 aromatic rings. The first kappa shape index (κ1) is 45.9. The fourth-order valence-corrected chi connectivity index (χ4v) is 54.4. The molecule has 44 heavy (non-hydrogen) atoms. The standard InChI is InChI=1S/C22H68O11Si11/c1-34(2)23-24-36(5,6)26-38(9,10)28-40(13,14)30-42(17,18)32-44(21,22)33-43(19,20)31-41(15,16)29-39(11,12)27-37(7,8)25-35(3)4/h34-35H,1-22H3. The number of rotatable bonds is 21. The van der Waals surface area contributed by atoms with Crippen LogP contribution >= 0.6 is 0 Å². The van der Waals surface area contributed by atoms with E-state index in [4.69, 9.17) is 46.2 Å². The molecule has 0 radical (unpaired) electrons. The van der Waals surface area contributed by atoms with Crippen molar-refractivity contribution in [2.75, 3.05) is 0 Å². The van der Waals surface area contributed by atoms with Gasteiger partial charge in [0.25, 0.3) is 0 Å². The highest BCUT2D eigenvalue weighted by Crippen LogP contribution is 2.30. The summed E-state index contributed by atoms with van der Waals surface area (Å²) in [6.45, 7) is 45.4. The molecule has 0 amide bonds. The first-order valence-corrected chi connectivity index (χ1v) is 46.5. The minimum absolute atomic E-state index is 1.22. The van der Waals surface area contributed by atoms with Crippen molar-refractivity contribution in [3.63, 3.8) is 0 Å². The van der Waals surface area contributed by atoms with Crippen molar-refractivity contribution in [3.05, 3.63) is 0 Å². The Bertz CT molecular complexity index is 899. The van der Waals surface area contributed by atoms with E-state index in [-0.39, 0.29) is 0 Å². The fourth-order valence-electron chi connectivity index (χ4n) is 5.70. The summed E-state index contributed by atoms with van der Waals surface area (Å²) >= 11 is 0. The summed E-state index contributed by atoms with van der Waals surface area (Å²) in [6.07, 6.45) is 0. The third kappa shape index (κ3) is 21.8. The zero-order valence-electron chi connectivity index (χ0n) is 32.1. The monoisotopic (exact) mass is 816 g/mol. The SMILES string of the molecule is C[SiH](C)OO[Si](C)(C)O[Si](C)(C)O[Si](C)(C)O[Si](C)(C)O[Si](C)(C)O[Si](C)(C)O[Si](C)(C)O[Si](C)(C)O[Si](C)(C)O[SiH](C)C. The molecule has 0 aliphatic carbocycles. The minimum Gasteiger partial charge on any atom is -0.440 e. The van der Waals surface area contributed by atoms with Crippen molar-refractivity contribution in [1.82, 2.24) is 0 Å². The number of hydrogen-bond donors (Lipinski definition) is 0. The van der Waals surface area contributed by atoms with Crippen LogP contribution in [0.1, 0.15) is 0 Å². The Hall–Kier alpha value is 1.95. The second-order valence-corrected chi connectivity index (χ2v) is 53.0. The van der Waals surface area contributed by atoms with Crippen LogP contribution in [-0.2, 0) is 46.2 Å². The van der Waals surface area contributed by atoms with E-state index in [1.165, 1.54) is 0 Å². The summed E-state index contributed by atoms with van der Waals surface area (Å²) in [4.78, 5) is 0. The maximum Gasteiger partial charge on any atom is 0.358 e. The van der Waals surface area contributed by atoms with Gasteiger partial charge in [-0.3, -0.25) is 9.15 Å². The van der Waals surface area contributed by atoms with Crippen LogP contribution in [0.15, 0.2) is 0 Å². The molecule has 0 aliphatic rings. The molecule has 0 bridgehead atoms. The van der Waals surface area contributed by atoms with E-state index >= 15 is 0 Å². The highest BCUT2D eigenvalue weighted by atomic mass is 28.5. The molecule has 11 nitrogen and oxygen atoms in total. The molecule has 266 valence electrons. The van der Waals surface area contributed by atoms with Crippen molar-refractivity contribution in [1.29, 1.82) is 0 Å². The molecule has 0 rings (SSSR count). The van der Waals surface area contributed by atoms with Crippen molar-refractivity contribution in [2.45, 2.75) is 144 Å². The van der Waals surface area contributed by atoms with Gasteiger partial charge in [0.2, 0.25) is 9.04 Å². The van der Waals surface area contributed by atoms with Crippen LogP contribution in [0, 0.1) is 0 Å². The molecular weight excluding hydrogens is 749 g/mol. The molecule has 0 spiro atoms. The Balaban J connectivity index is 5.43. The quantitative estimate of drug-likeness (QED) is 0.0660. The summed E-state index contributed by atoms with van der Waals surface area (Å²) < 4.78 is 70.6. The van der Waals surface area contributed by atoms with Gasteiger partial charge in [-0.1, -0.05) is 0 Å². The van der Waals surface area contributed by atoms with Crippen LogP contribution in [0.4, 0.5) is 0 Å². The van der Waals surface area contributed by atoms with Gasteiger partial charge in [0.1, 0.15) is 0 Å². The summed E-state index contributed by atoms with van der Waals surface area (Å²) in [5.74, 6) is 0. The highest BCUT2D eigenvalue weighted by molar-refractivity contribution is 6.92. The molecule has 0 fully saturated rings. The van der Waals surface area contributed by atoms with Crippen LogP contribution < -0.4 is 0 Å². The van der Waals surface area contributed by atoms with Gasteiger partial charge in [-0.2, -0.15) is 0 Å². The Morgan fingerprint density at radius 2 is 0.477 bits per heavy atom. The van der Waals surface area contributed by atoms with Crippen molar-refractivity contribution >= 4 is 95.1 Å². The molecule has 0 atom stereocenters. The second-order valence-electron chi connectivity index (χ2n) is 15.8. The van der Waals surface area contributed by atoms with E-state index in [9.17, 15) is 0 Å². The lowest BCUT2D eigenvalue weighted by molar-refractivity contribution is -0.132. The first-order chi connectivity index (χ1) is 19.0. The summed E-state index contributed by atoms with van der Waals surface area (Å²) in [5.41, 5.74) is 0. The van der Waals surface area contributed by atoms with E-state index in [1.807, 2.05) is 39.3 Å². The molecule has 0 saturated carbocycles. The van der Waals surface area contributed by atoms with E-state index in [0.29, 0.717) is 0 Å². The van der Waals surface area contributed by atoms with Gasteiger partial charge in [-0.15, -0.1) is 0 Å². The maximum absolute atomic E-state index is 6.74. The summed E-state index contributed by atoms with van der Waals surface area (Å²) in [7, 11) is -25.7.